The van der Waals surface area contributed by atoms with Gasteiger partial charge in [0, 0.05) is 79.7 Å². The zero-order valence-electron chi connectivity index (χ0n) is 44.8. The van der Waals surface area contributed by atoms with E-state index in [1.165, 1.54) is 5.01 Å². The second-order valence-electron chi connectivity index (χ2n) is 23.0. The number of esters is 1. The molecule has 15 heteroatoms. The fourth-order valence-electron chi connectivity index (χ4n) is 11.7. The van der Waals surface area contributed by atoms with Crippen LogP contribution in [0.4, 0.5) is 0 Å². The van der Waals surface area contributed by atoms with Gasteiger partial charge in [-0.3, -0.25) is 39.0 Å². The molecular weight excluding hydrogens is 921 g/mol. The van der Waals surface area contributed by atoms with E-state index in [2.05, 4.69) is 89.2 Å². The van der Waals surface area contributed by atoms with Crippen LogP contribution >= 0.6 is 0 Å². The van der Waals surface area contributed by atoms with Crippen molar-refractivity contribution < 1.29 is 33.4 Å². The number of fused-ring (bicyclic) bond motifs is 8. The number of carbonyl (C=O) groups is 4. The SMILES string of the molecule is CCn1c(-c2cccnc2[C@H](C)OC)c2c3cc(ccc31)-c1cccc(c1)C[C@H](NC(=O)[C@H](C(C)C)N1CC[C@]3(CCN(C(=O)C#CC(C)(C)N(C)C)C3)C3OC31)C(=O)N1CCC[C@H](N1)C(=O)OCC(C)(C)C2. The molecule has 2 aromatic carbocycles. The number of hydrogen-bond acceptors (Lipinski definition) is 11. The fraction of sp³-hybridized carbons (Fsp3) is 0.569. The number of rotatable bonds is 9. The molecule has 2 aromatic heterocycles. The number of benzene rings is 2. The quantitative estimate of drug-likeness (QED) is 0.104. The highest BCUT2D eigenvalue weighted by Gasteiger charge is 2.64. The van der Waals surface area contributed by atoms with Gasteiger partial charge in [0.15, 0.2) is 0 Å². The van der Waals surface area contributed by atoms with E-state index in [0.717, 1.165) is 62.9 Å². The number of aromatic nitrogens is 2. The molecule has 5 aliphatic heterocycles. The summed E-state index contributed by atoms with van der Waals surface area (Å²) in [6, 6.07) is 16.7. The van der Waals surface area contributed by atoms with Gasteiger partial charge in [-0.2, -0.15) is 0 Å². The summed E-state index contributed by atoms with van der Waals surface area (Å²) < 4.78 is 20.9. The van der Waals surface area contributed by atoms with Gasteiger partial charge >= 0.3 is 5.97 Å². The monoisotopic (exact) mass is 997 g/mol. The summed E-state index contributed by atoms with van der Waals surface area (Å²) in [5.41, 5.74) is 10.1. The third-order valence-electron chi connectivity index (χ3n) is 16.4. The Morgan fingerprint density at radius 3 is 2.53 bits per heavy atom. The summed E-state index contributed by atoms with van der Waals surface area (Å²) in [7, 11) is 5.61. The Bertz CT molecular complexity index is 2830. The van der Waals surface area contributed by atoms with E-state index < -0.39 is 35.0 Å². The first-order chi connectivity index (χ1) is 34.7. The van der Waals surface area contributed by atoms with E-state index >= 15 is 0 Å². The highest BCUT2D eigenvalue weighted by Crippen LogP contribution is 2.53. The number of cyclic esters (lactones) is 1. The van der Waals surface area contributed by atoms with Gasteiger partial charge in [0.1, 0.15) is 24.4 Å². The van der Waals surface area contributed by atoms with Gasteiger partial charge in [-0.15, -0.1) is 0 Å². The Kier molecular flexibility index (Phi) is 14.7. The number of nitrogens with one attached hydrogen (secondary N) is 2. The van der Waals surface area contributed by atoms with Crippen LogP contribution < -0.4 is 10.7 Å². The van der Waals surface area contributed by atoms with Crippen LogP contribution in [0.2, 0.25) is 0 Å². The normalized spacial score (nSPS) is 25.2. The maximum absolute atomic E-state index is 14.9. The Labute approximate surface area is 431 Å². The van der Waals surface area contributed by atoms with Gasteiger partial charge in [0.25, 0.3) is 11.8 Å². The zero-order chi connectivity index (χ0) is 52.1. The molecule has 5 aliphatic rings. The van der Waals surface area contributed by atoms with E-state index in [4.69, 9.17) is 19.2 Å². The van der Waals surface area contributed by atoms with Gasteiger partial charge in [-0.25, -0.2) is 5.43 Å². The van der Waals surface area contributed by atoms with E-state index in [1.54, 1.807) is 7.11 Å². The summed E-state index contributed by atoms with van der Waals surface area (Å²) in [6.07, 6.45) is 4.67. The number of epoxide rings is 1. The number of methoxy groups -OCH3 is 1. The number of amides is 3. The van der Waals surface area contributed by atoms with Crippen LogP contribution in [0.15, 0.2) is 60.8 Å². The molecule has 7 heterocycles. The van der Waals surface area contributed by atoms with Crippen LogP contribution in [0.3, 0.4) is 0 Å². The zero-order valence-corrected chi connectivity index (χ0v) is 44.8. The number of pyridine rings is 1. The van der Waals surface area contributed by atoms with Crippen molar-refractivity contribution in [3.8, 4) is 34.2 Å². The number of ether oxygens (including phenoxy) is 3. The Hall–Kier alpha value is -5.63. The number of hydrogen-bond donors (Lipinski definition) is 2. The van der Waals surface area contributed by atoms with Crippen LogP contribution in [0.5, 0.6) is 0 Å². The number of carbonyl (C=O) groups excluding carboxylic acids is 4. The molecule has 0 aliphatic carbocycles. The Balaban J connectivity index is 1.02. The van der Waals surface area contributed by atoms with E-state index in [1.807, 2.05) is 82.9 Å². The molecule has 6 bridgehead atoms. The summed E-state index contributed by atoms with van der Waals surface area (Å²) in [6.45, 7) is 19.5. The molecule has 2 N–H and O–H groups in total. The van der Waals surface area contributed by atoms with Gasteiger partial charge in [-0.05, 0) is 132 Å². The number of piperidine rings is 1. The van der Waals surface area contributed by atoms with Crippen molar-refractivity contribution in [3.63, 3.8) is 0 Å². The molecule has 9 rings (SSSR count). The van der Waals surface area contributed by atoms with E-state index in [0.29, 0.717) is 52.0 Å². The molecule has 0 saturated carbocycles. The maximum atomic E-state index is 14.9. The highest BCUT2D eigenvalue weighted by atomic mass is 16.6. The van der Waals surface area contributed by atoms with Crippen molar-refractivity contribution in [2.75, 3.05) is 54.0 Å². The van der Waals surface area contributed by atoms with Gasteiger partial charge < -0.3 is 29.0 Å². The number of hydrazine groups is 1. The van der Waals surface area contributed by atoms with E-state index in [-0.39, 0.29) is 60.5 Å². The lowest BCUT2D eigenvalue weighted by Crippen LogP contribution is -2.62. The second kappa shape index (κ2) is 20.6. The minimum Gasteiger partial charge on any atom is -0.464 e. The first-order valence-corrected chi connectivity index (χ1v) is 26.4. The molecule has 1 spiro atoms. The number of nitrogens with zero attached hydrogens (tertiary/aromatic N) is 6. The Morgan fingerprint density at radius 2 is 1.79 bits per heavy atom. The lowest BCUT2D eigenvalue weighted by molar-refractivity contribution is -0.155. The summed E-state index contributed by atoms with van der Waals surface area (Å²) in [5, 5.41) is 5.87. The topological polar surface area (TPSA) is 154 Å². The van der Waals surface area contributed by atoms with Crippen LogP contribution in [0, 0.1) is 28.6 Å². The lowest BCUT2D eigenvalue weighted by atomic mass is 9.76. The van der Waals surface area contributed by atoms with Crippen molar-refractivity contribution in [2.24, 2.45) is 16.7 Å². The van der Waals surface area contributed by atoms with Crippen LogP contribution in [-0.2, 0) is 52.8 Å². The predicted octanol–water partition coefficient (Wildman–Crippen LogP) is 6.76. The molecule has 15 nitrogen and oxygen atoms in total. The molecule has 4 fully saturated rings. The lowest BCUT2D eigenvalue weighted by Gasteiger charge is -2.40. The molecule has 3 amide bonds. The molecule has 73 heavy (non-hydrogen) atoms. The van der Waals surface area contributed by atoms with Gasteiger partial charge in [0.05, 0.1) is 35.7 Å². The average molecular weight is 997 g/mol. The smallest absolute Gasteiger partial charge is 0.324 e. The van der Waals surface area contributed by atoms with Crippen LogP contribution in [-0.4, -0.2) is 143 Å². The third-order valence-corrected chi connectivity index (χ3v) is 16.4. The molecular formula is C58H76N8O7. The first kappa shape index (κ1) is 52.2. The minimum absolute atomic E-state index is 0.110. The van der Waals surface area contributed by atoms with Crippen molar-refractivity contribution >= 4 is 34.6 Å². The Morgan fingerprint density at radius 1 is 1.03 bits per heavy atom. The highest BCUT2D eigenvalue weighted by molar-refractivity contribution is 5.96. The maximum Gasteiger partial charge on any atom is 0.324 e. The van der Waals surface area contributed by atoms with Crippen molar-refractivity contribution in [2.45, 2.75) is 143 Å². The van der Waals surface area contributed by atoms with Crippen molar-refractivity contribution in [1.29, 1.82) is 0 Å². The number of likely N-dealkylation sites (tertiary alicyclic amines) is 2. The number of aryl methyl sites for hydroxylation is 1. The summed E-state index contributed by atoms with van der Waals surface area (Å²) in [4.78, 5) is 68.1. The van der Waals surface area contributed by atoms with Gasteiger partial charge in [-0.1, -0.05) is 63.9 Å². The van der Waals surface area contributed by atoms with Crippen molar-refractivity contribution in [1.82, 2.24) is 40.0 Å². The van der Waals surface area contributed by atoms with Crippen LogP contribution in [0.1, 0.15) is 104 Å². The van der Waals surface area contributed by atoms with Gasteiger partial charge in [0.2, 0.25) is 5.91 Å². The third kappa shape index (κ3) is 10.4. The van der Waals surface area contributed by atoms with Crippen LogP contribution in [0.25, 0.3) is 33.3 Å². The summed E-state index contributed by atoms with van der Waals surface area (Å²) >= 11 is 0. The molecule has 4 aromatic rings. The average Bonchev–Trinajstić information content (AvgIpc) is 4.00. The van der Waals surface area contributed by atoms with E-state index in [9.17, 15) is 19.2 Å². The fourth-order valence-corrected chi connectivity index (χ4v) is 11.7. The molecule has 2 unspecified atom stereocenters. The molecule has 7 atom stereocenters. The second-order valence-corrected chi connectivity index (χ2v) is 23.0. The first-order valence-electron chi connectivity index (χ1n) is 26.4. The summed E-state index contributed by atoms with van der Waals surface area (Å²) in [5.74, 6) is 4.79. The minimum atomic E-state index is -0.956. The van der Waals surface area contributed by atoms with Crippen molar-refractivity contribution in [3.05, 3.63) is 77.6 Å². The molecule has 4 saturated heterocycles. The standard InChI is InChI=1S/C58H76N8O7/c1-12-64-46-21-20-40-32-42(46)43(50(64)41-18-14-26-59-48(41)37(4)71-11)33-56(5,6)35-72-55(70)44-19-15-27-66(61-44)53(69)45(31-38-16-13-17-39(40)30-38)60-52(68)49(36(2)3)65-29-25-58(51-54(65)73-51)24-28-63(34-58)47(67)22-23-57(7,8)62(9)10/h13-14,16-18,20-21,26,30,32,36-37,44-45,49,51,54,61H,12,15,19,24-25,27-29,31,33-35H2,1-11H3,(H,60,68)/t37-,44-,45-,49-,51?,54?,58-/m0/s1. The molecule has 0 radical (unpaired) electrons. The largest absolute Gasteiger partial charge is 0.464 e. The predicted molar refractivity (Wildman–Crippen MR) is 281 cm³/mol. The molecule has 390 valence electrons.